The highest BCUT2D eigenvalue weighted by atomic mass is 32.2. The van der Waals surface area contributed by atoms with Gasteiger partial charge in [-0.2, -0.15) is 5.10 Å². The molecule has 37 heavy (non-hydrogen) atoms. The Hall–Kier alpha value is -2.97. The van der Waals surface area contributed by atoms with Crippen molar-refractivity contribution in [2.75, 3.05) is 25.2 Å². The van der Waals surface area contributed by atoms with Crippen molar-refractivity contribution in [3.8, 4) is 22.4 Å². The van der Waals surface area contributed by atoms with Crippen LogP contribution >= 0.6 is 0 Å². The third-order valence-electron chi connectivity index (χ3n) is 7.13. The van der Waals surface area contributed by atoms with Gasteiger partial charge in [0.25, 0.3) is 0 Å². The zero-order valence-corrected chi connectivity index (χ0v) is 22.4. The summed E-state index contributed by atoms with van der Waals surface area (Å²) in [5.74, 6) is -0.0740. The summed E-state index contributed by atoms with van der Waals surface area (Å²) in [6.07, 6.45) is 5.67. The van der Waals surface area contributed by atoms with Crippen LogP contribution in [0.2, 0.25) is 0 Å². The molecule has 1 N–H and O–H groups in total. The molecule has 1 aliphatic rings. The number of hydrogen-bond donors (Lipinski definition) is 1. The Balaban J connectivity index is 1.64. The van der Waals surface area contributed by atoms with Gasteiger partial charge in [-0.15, -0.1) is 0 Å². The predicted octanol–water partition coefficient (Wildman–Crippen LogP) is 5.02. The number of aryl methyl sites for hydroxylation is 1. The van der Waals surface area contributed by atoms with Crippen LogP contribution in [0.4, 0.5) is 0 Å². The van der Waals surface area contributed by atoms with Gasteiger partial charge in [0.05, 0.1) is 12.4 Å². The molecule has 3 aromatic rings. The number of ether oxygens (including phenoxy) is 1. The van der Waals surface area contributed by atoms with Gasteiger partial charge in [-0.05, 0) is 50.0 Å². The SMILES string of the molecule is Cc1ccc(-c2nn(CC3CCC(COCC(=O)O)CC3)c(CCS(C)(=O)=O)c2-c2ccccc2)cc1. The third kappa shape index (κ3) is 7.52. The molecule has 7 nitrogen and oxygen atoms in total. The molecule has 0 unspecified atom stereocenters. The van der Waals surface area contributed by atoms with Gasteiger partial charge in [0, 0.05) is 36.0 Å². The Morgan fingerprint density at radius 3 is 2.27 bits per heavy atom. The quantitative estimate of drug-likeness (QED) is 0.378. The smallest absolute Gasteiger partial charge is 0.329 e. The van der Waals surface area contributed by atoms with Crippen molar-refractivity contribution >= 4 is 15.8 Å². The lowest BCUT2D eigenvalue weighted by molar-refractivity contribution is -0.142. The van der Waals surface area contributed by atoms with Crippen LogP contribution < -0.4 is 0 Å². The van der Waals surface area contributed by atoms with E-state index in [2.05, 4.69) is 48.0 Å². The van der Waals surface area contributed by atoms with Crippen LogP contribution in [0.25, 0.3) is 22.4 Å². The third-order valence-corrected chi connectivity index (χ3v) is 8.08. The number of sulfone groups is 1. The summed E-state index contributed by atoms with van der Waals surface area (Å²) in [4.78, 5) is 10.7. The Morgan fingerprint density at radius 2 is 1.65 bits per heavy atom. The fourth-order valence-electron chi connectivity index (χ4n) is 5.14. The van der Waals surface area contributed by atoms with E-state index in [1.807, 2.05) is 18.2 Å². The van der Waals surface area contributed by atoms with E-state index in [0.717, 1.165) is 60.3 Å². The van der Waals surface area contributed by atoms with Gasteiger partial charge >= 0.3 is 5.97 Å². The fourth-order valence-corrected chi connectivity index (χ4v) is 5.71. The average Bonchev–Trinajstić information content (AvgIpc) is 3.22. The summed E-state index contributed by atoms with van der Waals surface area (Å²) in [5.41, 5.74) is 6.06. The molecule has 0 radical (unpaired) electrons. The van der Waals surface area contributed by atoms with Crippen LogP contribution in [0.5, 0.6) is 0 Å². The Kier molecular flexibility index (Phi) is 8.82. The summed E-state index contributed by atoms with van der Waals surface area (Å²) in [7, 11) is -3.15. The van der Waals surface area contributed by atoms with Crippen LogP contribution in [-0.4, -0.2) is 54.5 Å². The van der Waals surface area contributed by atoms with E-state index < -0.39 is 15.8 Å². The van der Waals surface area contributed by atoms with Crippen LogP contribution in [-0.2, 0) is 32.3 Å². The minimum atomic E-state index is -3.15. The molecule has 1 aliphatic carbocycles. The highest BCUT2D eigenvalue weighted by molar-refractivity contribution is 7.90. The van der Waals surface area contributed by atoms with Gasteiger partial charge in [0.1, 0.15) is 22.1 Å². The number of hydrogen-bond acceptors (Lipinski definition) is 5. The molecule has 0 atom stereocenters. The van der Waals surface area contributed by atoms with Crippen LogP contribution in [0, 0.1) is 18.8 Å². The van der Waals surface area contributed by atoms with Crippen LogP contribution in [0.3, 0.4) is 0 Å². The molecule has 198 valence electrons. The van der Waals surface area contributed by atoms with Crippen molar-refractivity contribution in [2.45, 2.75) is 45.6 Å². The number of nitrogens with zero attached hydrogens (tertiary/aromatic N) is 2. The van der Waals surface area contributed by atoms with E-state index in [1.165, 1.54) is 11.8 Å². The summed E-state index contributed by atoms with van der Waals surface area (Å²) >= 11 is 0. The maximum atomic E-state index is 12.2. The monoisotopic (exact) mass is 524 g/mol. The molecule has 4 rings (SSSR count). The van der Waals surface area contributed by atoms with E-state index in [9.17, 15) is 13.2 Å². The molecule has 1 heterocycles. The second-order valence-electron chi connectivity index (χ2n) is 10.3. The van der Waals surface area contributed by atoms with Crippen molar-refractivity contribution in [3.63, 3.8) is 0 Å². The minimum absolute atomic E-state index is 0.0690. The Labute approximate surface area is 219 Å². The molecule has 0 saturated heterocycles. The van der Waals surface area contributed by atoms with Gasteiger partial charge in [0.2, 0.25) is 0 Å². The molecular weight excluding hydrogens is 488 g/mol. The molecule has 0 spiro atoms. The normalized spacial score (nSPS) is 18.1. The molecule has 0 amide bonds. The van der Waals surface area contributed by atoms with Crippen molar-refractivity contribution < 1.29 is 23.1 Å². The van der Waals surface area contributed by atoms with E-state index in [-0.39, 0.29) is 12.4 Å². The topological polar surface area (TPSA) is 98.5 Å². The van der Waals surface area contributed by atoms with Gasteiger partial charge in [-0.25, -0.2) is 13.2 Å². The first-order valence-electron chi connectivity index (χ1n) is 12.9. The summed E-state index contributed by atoms with van der Waals surface area (Å²) < 4.78 is 31.7. The zero-order chi connectivity index (χ0) is 26.4. The van der Waals surface area contributed by atoms with E-state index in [0.29, 0.717) is 24.9 Å². The lowest BCUT2D eigenvalue weighted by atomic mass is 9.82. The van der Waals surface area contributed by atoms with Crippen molar-refractivity contribution in [1.29, 1.82) is 0 Å². The van der Waals surface area contributed by atoms with Crippen LogP contribution in [0.15, 0.2) is 54.6 Å². The van der Waals surface area contributed by atoms with E-state index in [1.54, 1.807) is 0 Å². The van der Waals surface area contributed by atoms with E-state index >= 15 is 0 Å². The lowest BCUT2D eigenvalue weighted by Crippen LogP contribution is -2.24. The average molecular weight is 525 g/mol. The summed E-state index contributed by atoms with van der Waals surface area (Å²) in [5, 5.41) is 13.9. The molecule has 8 heteroatoms. The maximum absolute atomic E-state index is 12.2. The first-order valence-corrected chi connectivity index (χ1v) is 14.9. The van der Waals surface area contributed by atoms with E-state index in [4.69, 9.17) is 14.9 Å². The van der Waals surface area contributed by atoms with Crippen molar-refractivity contribution in [3.05, 3.63) is 65.9 Å². The largest absolute Gasteiger partial charge is 0.480 e. The molecular formula is C29H36N2O5S. The Morgan fingerprint density at radius 1 is 1.00 bits per heavy atom. The highest BCUT2D eigenvalue weighted by Crippen LogP contribution is 2.37. The number of carboxylic acids is 1. The second kappa shape index (κ2) is 12.0. The fraction of sp³-hybridized carbons (Fsp3) is 0.448. The highest BCUT2D eigenvalue weighted by Gasteiger charge is 2.26. The molecule has 2 aromatic carbocycles. The van der Waals surface area contributed by atoms with Crippen molar-refractivity contribution in [1.82, 2.24) is 9.78 Å². The molecule has 1 saturated carbocycles. The lowest BCUT2D eigenvalue weighted by Gasteiger charge is -2.28. The van der Waals surface area contributed by atoms with Gasteiger partial charge in [-0.3, -0.25) is 4.68 Å². The molecule has 0 bridgehead atoms. The number of carboxylic acid groups (broad SMARTS) is 1. The van der Waals surface area contributed by atoms with Crippen molar-refractivity contribution in [2.24, 2.45) is 11.8 Å². The predicted molar refractivity (Wildman–Crippen MR) is 145 cm³/mol. The van der Waals surface area contributed by atoms with Gasteiger partial charge in [-0.1, -0.05) is 60.2 Å². The van der Waals surface area contributed by atoms with Gasteiger partial charge < -0.3 is 9.84 Å². The first kappa shape index (κ1) is 27.1. The standard InChI is InChI=1S/C29H36N2O5S/c1-21-8-14-25(15-9-21)29-28(24-6-4-3-5-7-24)26(16-17-37(2,34)35)31(30-29)18-22-10-12-23(13-11-22)19-36-20-27(32)33/h3-9,14-15,22-23H,10-13,16-20H2,1-2H3,(H,32,33). The second-order valence-corrected chi connectivity index (χ2v) is 12.5. The van der Waals surface area contributed by atoms with Crippen LogP contribution in [0.1, 0.15) is 36.9 Å². The number of aliphatic carboxylic acids is 1. The number of rotatable bonds is 11. The minimum Gasteiger partial charge on any atom is -0.480 e. The molecule has 1 aromatic heterocycles. The number of benzene rings is 2. The summed E-state index contributed by atoms with van der Waals surface area (Å²) in [6, 6.07) is 18.4. The maximum Gasteiger partial charge on any atom is 0.329 e. The number of aromatic nitrogens is 2. The zero-order valence-electron chi connectivity index (χ0n) is 21.6. The Bertz CT molecular complexity index is 1290. The summed E-state index contributed by atoms with van der Waals surface area (Å²) in [6.45, 7) is 3.02. The molecule has 0 aliphatic heterocycles. The van der Waals surface area contributed by atoms with Gasteiger partial charge in [0.15, 0.2) is 0 Å². The molecule has 1 fully saturated rings. The first-order chi connectivity index (χ1) is 17.7. The number of carbonyl (C=O) groups is 1.